The van der Waals surface area contributed by atoms with Gasteiger partial charge < -0.3 is 4.74 Å². The summed E-state index contributed by atoms with van der Waals surface area (Å²) in [7, 11) is 1.36. The van der Waals surface area contributed by atoms with Gasteiger partial charge in [-0.15, -0.1) is 0 Å². The molecule has 0 aliphatic heterocycles. The Hall–Kier alpha value is -0.770. The van der Waals surface area contributed by atoms with Gasteiger partial charge in [0.25, 0.3) is 0 Å². The van der Waals surface area contributed by atoms with Gasteiger partial charge in [-0.3, -0.25) is 10.1 Å². The van der Waals surface area contributed by atoms with E-state index in [1.165, 1.54) is 7.11 Å². The second kappa shape index (κ2) is 6.24. The summed E-state index contributed by atoms with van der Waals surface area (Å²) >= 11 is 11.9. The maximum Gasteiger partial charge on any atom is 0.322 e. The molecule has 0 spiro atoms. The Bertz CT molecular complexity index is 409. The summed E-state index contributed by atoms with van der Waals surface area (Å²) in [5.41, 5.74) is 0.895. The van der Waals surface area contributed by atoms with Crippen LogP contribution in [0, 0.1) is 0 Å². The number of methoxy groups -OCH3 is 1. The van der Waals surface area contributed by atoms with Gasteiger partial charge in [-0.25, -0.2) is 0 Å². The minimum Gasteiger partial charge on any atom is -0.468 e. The van der Waals surface area contributed by atoms with Crippen LogP contribution in [0.5, 0.6) is 0 Å². The first kappa shape index (κ1) is 14.3. The van der Waals surface area contributed by atoms with E-state index in [-0.39, 0.29) is 18.1 Å². The zero-order chi connectivity index (χ0) is 13.0. The van der Waals surface area contributed by atoms with Crippen LogP contribution in [0.3, 0.4) is 0 Å². The highest BCUT2D eigenvalue weighted by molar-refractivity contribution is 6.35. The third-order valence-corrected chi connectivity index (χ3v) is 3.05. The topological polar surface area (TPSA) is 38.3 Å². The largest absolute Gasteiger partial charge is 0.468 e. The number of carbonyl (C=O) groups excluding carboxylic acids is 1. The van der Waals surface area contributed by atoms with E-state index in [4.69, 9.17) is 23.2 Å². The predicted molar refractivity (Wildman–Crippen MR) is 69.5 cm³/mol. The number of benzene rings is 1. The van der Waals surface area contributed by atoms with E-state index in [9.17, 15) is 4.79 Å². The number of halogens is 2. The molecule has 5 heteroatoms. The minimum absolute atomic E-state index is 0.0612. The highest BCUT2D eigenvalue weighted by atomic mass is 35.5. The molecule has 1 N–H and O–H groups in total. The van der Waals surface area contributed by atoms with Gasteiger partial charge in [0.1, 0.15) is 6.04 Å². The molecule has 0 aromatic heterocycles. The van der Waals surface area contributed by atoms with Crippen molar-refractivity contribution in [3.8, 4) is 0 Å². The molecule has 0 radical (unpaired) electrons. The van der Waals surface area contributed by atoms with E-state index in [1.54, 1.807) is 19.1 Å². The third-order valence-electron chi connectivity index (χ3n) is 2.48. The highest BCUT2D eigenvalue weighted by Gasteiger charge is 2.17. The number of ether oxygens (including phenoxy) is 1. The van der Waals surface area contributed by atoms with E-state index in [0.29, 0.717) is 10.0 Å². The maximum atomic E-state index is 11.3. The Morgan fingerprint density at radius 2 is 2.00 bits per heavy atom. The van der Waals surface area contributed by atoms with Crippen molar-refractivity contribution in [3.05, 3.63) is 33.8 Å². The third kappa shape index (κ3) is 3.87. The molecule has 0 fully saturated rings. The van der Waals surface area contributed by atoms with Crippen molar-refractivity contribution in [1.29, 1.82) is 0 Å². The van der Waals surface area contributed by atoms with Crippen LogP contribution in [-0.4, -0.2) is 19.1 Å². The lowest BCUT2D eigenvalue weighted by Crippen LogP contribution is -2.36. The minimum atomic E-state index is -0.387. The van der Waals surface area contributed by atoms with Crippen molar-refractivity contribution in [3.63, 3.8) is 0 Å². The van der Waals surface area contributed by atoms with Gasteiger partial charge in [-0.1, -0.05) is 29.3 Å². The highest BCUT2D eigenvalue weighted by Crippen LogP contribution is 2.26. The smallest absolute Gasteiger partial charge is 0.322 e. The average molecular weight is 276 g/mol. The van der Waals surface area contributed by atoms with Crippen LogP contribution >= 0.6 is 23.2 Å². The number of carbonyl (C=O) groups is 1. The van der Waals surface area contributed by atoms with Crippen LogP contribution in [-0.2, 0) is 9.53 Å². The Labute approximate surface area is 111 Å². The van der Waals surface area contributed by atoms with Crippen LogP contribution in [0.25, 0.3) is 0 Å². The molecular formula is C12H15Cl2NO2. The summed E-state index contributed by atoms with van der Waals surface area (Å²) < 4.78 is 4.64. The van der Waals surface area contributed by atoms with Crippen molar-refractivity contribution in [1.82, 2.24) is 5.32 Å². The van der Waals surface area contributed by atoms with Crippen LogP contribution in [0.2, 0.25) is 10.0 Å². The number of rotatable bonds is 4. The van der Waals surface area contributed by atoms with E-state index < -0.39 is 0 Å². The van der Waals surface area contributed by atoms with Gasteiger partial charge in [0.2, 0.25) is 0 Å². The quantitative estimate of drug-likeness (QED) is 0.858. The summed E-state index contributed by atoms with van der Waals surface area (Å²) in [4.78, 5) is 11.3. The van der Waals surface area contributed by atoms with Gasteiger partial charge in [0.15, 0.2) is 0 Å². The average Bonchev–Trinajstić information content (AvgIpc) is 2.27. The van der Waals surface area contributed by atoms with Gasteiger partial charge >= 0.3 is 5.97 Å². The molecule has 0 aliphatic rings. The van der Waals surface area contributed by atoms with E-state index in [1.807, 2.05) is 13.0 Å². The van der Waals surface area contributed by atoms with Gasteiger partial charge in [-0.2, -0.15) is 0 Å². The van der Waals surface area contributed by atoms with E-state index in [2.05, 4.69) is 10.1 Å². The van der Waals surface area contributed by atoms with Gasteiger partial charge in [-0.05, 0) is 31.5 Å². The molecular weight excluding hydrogens is 261 g/mol. The van der Waals surface area contributed by atoms with Crippen molar-refractivity contribution in [2.75, 3.05) is 7.11 Å². The second-order valence-electron chi connectivity index (χ2n) is 3.80. The Balaban J connectivity index is 2.76. The predicted octanol–water partition coefficient (Wildman–Crippen LogP) is 3.21. The van der Waals surface area contributed by atoms with E-state index in [0.717, 1.165) is 5.56 Å². The molecule has 2 unspecified atom stereocenters. The standard InChI is InChI=1S/C12H15Cl2NO2/c1-7(15-8(2)12(16)17-3)10-5-4-9(13)6-11(10)14/h4-8,15H,1-3H3. The van der Waals surface area contributed by atoms with Crippen LogP contribution in [0.1, 0.15) is 25.5 Å². The molecule has 2 atom stereocenters. The Kier molecular flexibility index (Phi) is 5.25. The van der Waals surface area contributed by atoms with Crippen molar-refractivity contribution in [2.45, 2.75) is 25.9 Å². The fourth-order valence-electron chi connectivity index (χ4n) is 1.56. The first-order chi connectivity index (χ1) is 7.95. The first-order valence-electron chi connectivity index (χ1n) is 5.24. The Morgan fingerprint density at radius 1 is 1.35 bits per heavy atom. The molecule has 3 nitrogen and oxygen atoms in total. The SMILES string of the molecule is COC(=O)C(C)NC(C)c1ccc(Cl)cc1Cl. The molecule has 0 heterocycles. The zero-order valence-corrected chi connectivity index (χ0v) is 11.5. The molecule has 94 valence electrons. The van der Waals surface area contributed by atoms with Crippen LogP contribution in [0.15, 0.2) is 18.2 Å². The molecule has 0 bridgehead atoms. The number of hydrogen-bond donors (Lipinski definition) is 1. The zero-order valence-electron chi connectivity index (χ0n) is 9.96. The summed E-state index contributed by atoms with van der Waals surface area (Å²) in [5.74, 6) is -0.304. The van der Waals surface area contributed by atoms with Crippen LogP contribution < -0.4 is 5.32 Å². The van der Waals surface area contributed by atoms with Crippen LogP contribution in [0.4, 0.5) is 0 Å². The van der Waals surface area contributed by atoms with Gasteiger partial charge in [0.05, 0.1) is 7.11 Å². The number of esters is 1. The molecule has 0 saturated carbocycles. The maximum absolute atomic E-state index is 11.3. The van der Waals surface area contributed by atoms with Crippen molar-refractivity contribution in [2.24, 2.45) is 0 Å². The number of hydrogen-bond acceptors (Lipinski definition) is 3. The lowest BCUT2D eigenvalue weighted by Gasteiger charge is -2.19. The molecule has 0 amide bonds. The summed E-state index contributed by atoms with van der Waals surface area (Å²) in [6.45, 7) is 3.67. The fourth-order valence-corrected chi connectivity index (χ4v) is 2.13. The summed E-state index contributed by atoms with van der Waals surface area (Å²) in [6, 6.07) is 4.84. The fraction of sp³-hybridized carbons (Fsp3) is 0.417. The molecule has 1 aromatic rings. The second-order valence-corrected chi connectivity index (χ2v) is 4.64. The summed E-state index contributed by atoms with van der Waals surface area (Å²) in [6.07, 6.45) is 0. The molecule has 0 aliphatic carbocycles. The lowest BCUT2D eigenvalue weighted by atomic mass is 10.1. The lowest BCUT2D eigenvalue weighted by molar-refractivity contribution is -0.142. The molecule has 0 saturated heterocycles. The Morgan fingerprint density at radius 3 is 2.53 bits per heavy atom. The first-order valence-corrected chi connectivity index (χ1v) is 6.00. The number of nitrogens with one attached hydrogen (secondary N) is 1. The van der Waals surface area contributed by atoms with Crippen molar-refractivity contribution < 1.29 is 9.53 Å². The molecule has 1 rings (SSSR count). The summed E-state index contributed by atoms with van der Waals surface area (Å²) in [5, 5.41) is 4.27. The molecule has 17 heavy (non-hydrogen) atoms. The monoisotopic (exact) mass is 275 g/mol. The molecule has 1 aromatic carbocycles. The van der Waals surface area contributed by atoms with Crippen molar-refractivity contribution >= 4 is 29.2 Å². The normalized spacial score (nSPS) is 14.2. The van der Waals surface area contributed by atoms with Gasteiger partial charge in [0, 0.05) is 16.1 Å². The van der Waals surface area contributed by atoms with E-state index >= 15 is 0 Å².